The van der Waals surface area contributed by atoms with Gasteiger partial charge in [-0.15, -0.1) is 0 Å². The fourth-order valence-corrected chi connectivity index (χ4v) is 3.96. The first-order valence-electron chi connectivity index (χ1n) is 9.37. The second-order valence-corrected chi connectivity index (χ2v) is 9.73. The molecule has 1 heterocycles. The summed E-state index contributed by atoms with van der Waals surface area (Å²) in [7, 11) is -4.01. The summed E-state index contributed by atoms with van der Waals surface area (Å²) < 4.78 is 77.1. The van der Waals surface area contributed by atoms with Gasteiger partial charge in [0.25, 0.3) is 5.91 Å². The molecule has 0 bridgehead atoms. The first-order chi connectivity index (χ1) is 15.3. The number of nitrogens with zero attached hydrogens (tertiary/aromatic N) is 1. The summed E-state index contributed by atoms with van der Waals surface area (Å²) in [4.78, 5) is 16.0. The molecule has 11 heteroatoms. The number of halogens is 5. The summed E-state index contributed by atoms with van der Waals surface area (Å²) in [6.45, 7) is 1.57. The van der Waals surface area contributed by atoms with Gasteiger partial charge in [-0.05, 0) is 65.6 Å². The van der Waals surface area contributed by atoms with Crippen LogP contribution in [0.4, 0.5) is 17.6 Å². The number of carbonyl (C=O) groups is 1. The van der Waals surface area contributed by atoms with Gasteiger partial charge in [-0.2, -0.15) is 13.2 Å². The highest BCUT2D eigenvalue weighted by Crippen LogP contribution is 2.32. The monoisotopic (exact) mass is 500 g/mol. The number of rotatable bonds is 5. The van der Waals surface area contributed by atoms with E-state index in [-0.39, 0.29) is 11.7 Å². The number of sulfone groups is 1. The summed E-state index contributed by atoms with van der Waals surface area (Å²) in [6, 6.07) is 7.54. The number of amides is 1. The lowest BCUT2D eigenvalue weighted by Gasteiger charge is -2.14. The van der Waals surface area contributed by atoms with Gasteiger partial charge in [-0.3, -0.25) is 4.79 Å². The fraction of sp³-hybridized carbons (Fsp3) is 0.182. The van der Waals surface area contributed by atoms with Gasteiger partial charge in [0, 0.05) is 24.6 Å². The van der Waals surface area contributed by atoms with Crippen molar-refractivity contribution in [2.24, 2.45) is 0 Å². The van der Waals surface area contributed by atoms with E-state index < -0.39 is 43.8 Å². The largest absolute Gasteiger partial charge is 0.416 e. The average Bonchev–Trinajstić information content (AvgIpc) is 2.72. The third-order valence-electron chi connectivity index (χ3n) is 4.81. The molecule has 0 atom stereocenters. The van der Waals surface area contributed by atoms with E-state index in [1.54, 1.807) is 13.0 Å². The summed E-state index contributed by atoms with van der Waals surface area (Å²) in [5.74, 6) is -1.42. The Morgan fingerprint density at radius 2 is 1.79 bits per heavy atom. The van der Waals surface area contributed by atoms with Crippen molar-refractivity contribution in [3.63, 3.8) is 0 Å². The number of hydrogen-bond acceptors (Lipinski definition) is 4. The Morgan fingerprint density at radius 3 is 2.42 bits per heavy atom. The Hall–Kier alpha value is -2.98. The summed E-state index contributed by atoms with van der Waals surface area (Å²) in [5.41, 5.74) is 0.393. The van der Waals surface area contributed by atoms with E-state index in [0.29, 0.717) is 28.8 Å². The molecule has 0 aliphatic rings. The van der Waals surface area contributed by atoms with Gasteiger partial charge in [0.05, 0.1) is 10.5 Å². The molecule has 1 aromatic heterocycles. The fourth-order valence-electron chi connectivity index (χ4n) is 3.12. The zero-order valence-corrected chi connectivity index (χ0v) is 18.9. The normalized spacial score (nSPS) is 12.0. The quantitative estimate of drug-likeness (QED) is 0.386. The standard InChI is InChI=1S/C22H17ClF4N2O3S/c1-12-3-4-16(24)8-18(12)19-9-20(23)28-10-14(19)11-29-21(30)13-5-15(22(25,26)27)7-17(6-13)33(2,31)32/h3-10H,11H2,1-2H3,(H,29,30). The van der Waals surface area contributed by atoms with Gasteiger partial charge in [0.2, 0.25) is 0 Å². The summed E-state index contributed by atoms with van der Waals surface area (Å²) in [6.07, 6.45) is -2.74. The molecule has 0 radical (unpaired) electrons. The van der Waals surface area contributed by atoms with Crippen molar-refractivity contribution in [1.29, 1.82) is 0 Å². The Bertz CT molecular complexity index is 1340. The Morgan fingerprint density at radius 1 is 1.09 bits per heavy atom. The molecule has 0 unspecified atom stereocenters. The van der Waals surface area contributed by atoms with E-state index in [0.717, 1.165) is 17.9 Å². The molecule has 5 nitrogen and oxygen atoms in total. The second kappa shape index (κ2) is 9.11. The molecule has 0 spiro atoms. The van der Waals surface area contributed by atoms with E-state index in [1.807, 2.05) is 0 Å². The van der Waals surface area contributed by atoms with Crippen LogP contribution in [0.25, 0.3) is 11.1 Å². The van der Waals surface area contributed by atoms with Crippen molar-refractivity contribution in [3.8, 4) is 11.1 Å². The topological polar surface area (TPSA) is 76.1 Å². The van der Waals surface area contributed by atoms with Crippen molar-refractivity contribution in [2.75, 3.05) is 6.26 Å². The first-order valence-corrected chi connectivity index (χ1v) is 11.6. The third kappa shape index (κ3) is 5.88. The Labute approximate surface area is 192 Å². The zero-order chi connectivity index (χ0) is 24.6. The van der Waals surface area contributed by atoms with Crippen LogP contribution in [-0.2, 0) is 22.6 Å². The van der Waals surface area contributed by atoms with Gasteiger partial charge < -0.3 is 5.32 Å². The SMILES string of the molecule is Cc1ccc(F)cc1-c1cc(Cl)ncc1CNC(=O)c1cc(C(F)(F)F)cc(S(C)(=O)=O)c1. The lowest BCUT2D eigenvalue weighted by Crippen LogP contribution is -2.24. The molecule has 33 heavy (non-hydrogen) atoms. The Balaban J connectivity index is 1.96. The number of hydrogen-bond donors (Lipinski definition) is 1. The van der Waals surface area contributed by atoms with Gasteiger partial charge in [0.1, 0.15) is 11.0 Å². The average molecular weight is 501 g/mol. The lowest BCUT2D eigenvalue weighted by molar-refractivity contribution is -0.137. The molecule has 0 aliphatic heterocycles. The minimum Gasteiger partial charge on any atom is -0.348 e. The number of carbonyl (C=O) groups excluding carboxylic acids is 1. The third-order valence-corrected chi connectivity index (χ3v) is 6.11. The number of benzene rings is 2. The molecule has 174 valence electrons. The van der Waals surface area contributed by atoms with E-state index in [4.69, 9.17) is 11.6 Å². The molecule has 0 aliphatic carbocycles. The summed E-state index contributed by atoms with van der Waals surface area (Å²) >= 11 is 5.98. The number of aromatic nitrogens is 1. The van der Waals surface area contributed by atoms with Crippen molar-refractivity contribution in [1.82, 2.24) is 10.3 Å². The van der Waals surface area contributed by atoms with Crippen LogP contribution in [0.2, 0.25) is 5.15 Å². The number of alkyl halides is 3. The van der Waals surface area contributed by atoms with Crippen LogP contribution < -0.4 is 5.32 Å². The van der Waals surface area contributed by atoms with E-state index >= 15 is 0 Å². The van der Waals surface area contributed by atoms with Crippen molar-refractivity contribution in [3.05, 3.63) is 81.9 Å². The Kier molecular flexibility index (Phi) is 6.80. The molecule has 0 saturated carbocycles. The molecular formula is C22H17ClF4N2O3S. The molecule has 0 fully saturated rings. The van der Waals surface area contributed by atoms with Crippen molar-refractivity contribution >= 4 is 27.3 Å². The van der Waals surface area contributed by atoms with E-state index in [2.05, 4.69) is 10.3 Å². The zero-order valence-electron chi connectivity index (χ0n) is 17.3. The maximum atomic E-state index is 13.8. The van der Waals surface area contributed by atoms with E-state index in [9.17, 15) is 30.8 Å². The van der Waals surface area contributed by atoms with Crippen molar-refractivity contribution in [2.45, 2.75) is 24.5 Å². The highest BCUT2D eigenvalue weighted by Gasteiger charge is 2.32. The molecule has 2 aromatic carbocycles. The van der Waals surface area contributed by atoms with Crippen LogP contribution in [0, 0.1) is 12.7 Å². The van der Waals surface area contributed by atoms with Gasteiger partial charge in [0.15, 0.2) is 9.84 Å². The van der Waals surface area contributed by atoms with Crippen LogP contribution in [0.5, 0.6) is 0 Å². The van der Waals surface area contributed by atoms with Crippen LogP contribution >= 0.6 is 11.6 Å². The lowest BCUT2D eigenvalue weighted by atomic mass is 9.97. The minimum atomic E-state index is -4.85. The molecular weight excluding hydrogens is 484 g/mol. The van der Waals surface area contributed by atoms with E-state index in [1.165, 1.54) is 24.4 Å². The van der Waals surface area contributed by atoms with Gasteiger partial charge >= 0.3 is 6.18 Å². The highest BCUT2D eigenvalue weighted by atomic mass is 35.5. The number of aryl methyl sites for hydroxylation is 1. The molecule has 1 amide bonds. The predicted octanol–water partition coefficient (Wildman–Crippen LogP) is 5.20. The van der Waals surface area contributed by atoms with Crippen LogP contribution in [0.3, 0.4) is 0 Å². The minimum absolute atomic E-state index is 0.124. The maximum absolute atomic E-state index is 13.8. The van der Waals surface area contributed by atoms with Gasteiger partial charge in [-0.1, -0.05) is 17.7 Å². The summed E-state index contributed by atoms with van der Waals surface area (Å²) in [5, 5.41) is 2.58. The predicted molar refractivity (Wildman–Crippen MR) is 115 cm³/mol. The van der Waals surface area contributed by atoms with Crippen LogP contribution in [0.15, 0.2) is 53.6 Å². The molecule has 3 aromatic rings. The number of pyridine rings is 1. The highest BCUT2D eigenvalue weighted by molar-refractivity contribution is 7.90. The van der Waals surface area contributed by atoms with Crippen molar-refractivity contribution < 1.29 is 30.8 Å². The smallest absolute Gasteiger partial charge is 0.348 e. The second-order valence-electron chi connectivity index (χ2n) is 7.32. The molecule has 3 rings (SSSR count). The molecule has 1 N–H and O–H groups in total. The maximum Gasteiger partial charge on any atom is 0.416 e. The van der Waals surface area contributed by atoms with Gasteiger partial charge in [-0.25, -0.2) is 17.8 Å². The van der Waals surface area contributed by atoms with Crippen LogP contribution in [-0.4, -0.2) is 25.6 Å². The van der Waals surface area contributed by atoms with Crippen LogP contribution in [0.1, 0.15) is 27.0 Å². The molecule has 0 saturated heterocycles. The number of nitrogens with one attached hydrogen (secondary N) is 1. The first kappa shape index (κ1) is 24.7.